The molecule has 0 saturated heterocycles. The van der Waals surface area contributed by atoms with Gasteiger partial charge < -0.3 is 0 Å². The van der Waals surface area contributed by atoms with Gasteiger partial charge >= 0.3 is 0 Å². The van der Waals surface area contributed by atoms with Gasteiger partial charge in [-0.25, -0.2) is 5.90 Å². The maximum absolute atomic E-state index is 4.91. The third-order valence-electron chi connectivity index (χ3n) is 1.22. The van der Waals surface area contributed by atoms with E-state index in [4.69, 9.17) is 5.90 Å². The fourth-order valence-corrected chi connectivity index (χ4v) is 0.962. The molecule has 0 radical (unpaired) electrons. The van der Waals surface area contributed by atoms with Crippen molar-refractivity contribution in [3.63, 3.8) is 0 Å². The van der Waals surface area contributed by atoms with E-state index in [9.17, 15) is 0 Å². The summed E-state index contributed by atoms with van der Waals surface area (Å²) in [6.45, 7) is 6.14. The van der Waals surface area contributed by atoms with E-state index in [0.29, 0.717) is 6.61 Å². The van der Waals surface area contributed by atoms with E-state index < -0.39 is 0 Å². The molecule has 0 amide bonds. The molecule has 3 heteroatoms. The second-order valence-corrected chi connectivity index (χ2v) is 2.97. The van der Waals surface area contributed by atoms with Crippen molar-refractivity contribution in [2.75, 3.05) is 13.3 Å². The maximum atomic E-state index is 4.91. The second-order valence-electron chi connectivity index (χ2n) is 2.11. The summed E-state index contributed by atoms with van der Waals surface area (Å²) in [5, 5.41) is 0. The highest BCUT2D eigenvalue weighted by molar-refractivity contribution is 7.43. The molecule has 0 aromatic rings. The monoisotopic (exact) mass is 184 g/mol. The fraction of sp³-hybridized carbons (Fsp3) is 0.333. The highest BCUT2D eigenvalue weighted by atomic mass is 31.1. The first-order chi connectivity index (χ1) is 5.85. The van der Waals surface area contributed by atoms with Crippen LogP contribution in [-0.4, -0.2) is 13.3 Å². The second kappa shape index (κ2) is 8.49. The first kappa shape index (κ1) is 11.4. The molecular weight excluding hydrogens is 169 g/mol. The summed E-state index contributed by atoms with van der Waals surface area (Å²) < 4.78 is 0. The standard InChI is InChI=1S/C9H14NOP/c1-3-9(8-11-10)6-4-5-7-12-2/h3,6,12H,1,4,8,10H2,2H3/p+1. The van der Waals surface area contributed by atoms with E-state index >= 15 is 0 Å². The molecule has 0 spiro atoms. The molecule has 0 saturated carbocycles. The summed E-state index contributed by atoms with van der Waals surface area (Å²) in [7, 11) is 0.285. The van der Waals surface area contributed by atoms with Crippen LogP contribution in [-0.2, 0) is 4.84 Å². The lowest BCUT2D eigenvalue weighted by Gasteiger charge is -1.96. The van der Waals surface area contributed by atoms with Gasteiger partial charge in [0.05, 0.1) is 27.5 Å². The van der Waals surface area contributed by atoms with Gasteiger partial charge in [-0.05, 0) is 5.57 Å². The number of allylic oxidation sites excluding steroid dienone is 1. The first-order valence-corrected chi connectivity index (χ1v) is 5.47. The fourth-order valence-electron chi connectivity index (χ4n) is 0.641. The molecule has 0 fully saturated rings. The van der Waals surface area contributed by atoms with Crippen LogP contribution in [0.2, 0.25) is 0 Å². The molecule has 2 nitrogen and oxygen atoms in total. The summed E-state index contributed by atoms with van der Waals surface area (Å²) in [5.41, 5.74) is 4.04. The summed E-state index contributed by atoms with van der Waals surface area (Å²) in [4.78, 5) is 4.47. The molecule has 0 aliphatic heterocycles. The lowest BCUT2D eigenvalue weighted by molar-refractivity contribution is 0.163. The summed E-state index contributed by atoms with van der Waals surface area (Å²) in [6, 6.07) is 0. The van der Waals surface area contributed by atoms with Gasteiger partial charge in [0.25, 0.3) is 0 Å². The topological polar surface area (TPSA) is 35.2 Å². The van der Waals surface area contributed by atoms with Crippen LogP contribution in [0.1, 0.15) is 6.42 Å². The Labute approximate surface area is 75.6 Å². The minimum atomic E-state index is 0.285. The predicted molar refractivity (Wildman–Crippen MR) is 56.4 cm³/mol. The third-order valence-corrected chi connectivity index (χ3v) is 1.72. The average molecular weight is 184 g/mol. The van der Waals surface area contributed by atoms with E-state index in [1.807, 2.05) is 6.08 Å². The molecule has 0 aromatic heterocycles. The SMILES string of the molecule is C=CC(=CCC#C[PH2+]C)CON. The van der Waals surface area contributed by atoms with Crippen molar-refractivity contribution in [1.82, 2.24) is 0 Å². The zero-order valence-electron chi connectivity index (χ0n) is 7.34. The average Bonchev–Trinajstić information content (AvgIpc) is 2.10. The number of nitrogens with two attached hydrogens (primary N) is 1. The van der Waals surface area contributed by atoms with Crippen LogP contribution in [0.4, 0.5) is 0 Å². The molecular formula is C9H15NOP+. The lowest BCUT2D eigenvalue weighted by atomic mass is 10.2. The molecule has 66 valence electrons. The Morgan fingerprint density at radius 3 is 3.00 bits per heavy atom. The molecule has 12 heavy (non-hydrogen) atoms. The molecule has 0 aromatic carbocycles. The van der Waals surface area contributed by atoms with Crippen molar-refractivity contribution in [3.8, 4) is 11.6 Å². The molecule has 0 bridgehead atoms. The molecule has 2 N–H and O–H groups in total. The molecule has 0 rings (SSSR count). The summed E-state index contributed by atoms with van der Waals surface area (Å²) in [5.74, 6) is 7.94. The lowest BCUT2D eigenvalue weighted by Crippen LogP contribution is -2.01. The van der Waals surface area contributed by atoms with E-state index in [0.717, 1.165) is 12.0 Å². The minimum absolute atomic E-state index is 0.285. The van der Waals surface area contributed by atoms with Crippen molar-refractivity contribution < 1.29 is 4.84 Å². The highest BCUT2D eigenvalue weighted by Gasteiger charge is 1.87. The van der Waals surface area contributed by atoms with Crippen molar-refractivity contribution in [2.24, 2.45) is 5.90 Å². The van der Waals surface area contributed by atoms with Gasteiger partial charge in [0, 0.05) is 6.42 Å². The Hall–Kier alpha value is -0.610. The zero-order valence-corrected chi connectivity index (χ0v) is 8.49. The van der Waals surface area contributed by atoms with Crippen LogP contribution in [0.5, 0.6) is 0 Å². The Morgan fingerprint density at radius 2 is 2.50 bits per heavy atom. The van der Waals surface area contributed by atoms with Gasteiger partial charge in [-0.1, -0.05) is 24.7 Å². The first-order valence-electron chi connectivity index (χ1n) is 3.74. The van der Waals surface area contributed by atoms with Gasteiger partial charge in [-0.3, -0.25) is 4.84 Å². The molecule has 0 aliphatic carbocycles. The largest absolute Gasteiger partial charge is 0.300 e. The van der Waals surface area contributed by atoms with Gasteiger partial charge in [-0.15, -0.1) is 0 Å². The van der Waals surface area contributed by atoms with Crippen molar-refractivity contribution in [2.45, 2.75) is 6.42 Å². The Balaban J connectivity index is 3.85. The Kier molecular flexibility index (Phi) is 8.05. The highest BCUT2D eigenvalue weighted by Crippen LogP contribution is 1.99. The van der Waals surface area contributed by atoms with Crippen LogP contribution in [0.25, 0.3) is 0 Å². The van der Waals surface area contributed by atoms with Gasteiger partial charge in [0.1, 0.15) is 0 Å². The number of hydrogen-bond donors (Lipinski definition) is 1. The van der Waals surface area contributed by atoms with E-state index in [2.05, 4.69) is 29.7 Å². The molecule has 0 aliphatic rings. The van der Waals surface area contributed by atoms with E-state index in [1.54, 1.807) is 6.08 Å². The van der Waals surface area contributed by atoms with Crippen molar-refractivity contribution in [1.29, 1.82) is 0 Å². The van der Waals surface area contributed by atoms with E-state index in [-0.39, 0.29) is 8.58 Å². The van der Waals surface area contributed by atoms with Gasteiger partial charge in [-0.2, -0.15) is 0 Å². The summed E-state index contributed by atoms with van der Waals surface area (Å²) >= 11 is 0. The van der Waals surface area contributed by atoms with Gasteiger partial charge in [0.15, 0.2) is 0 Å². The third kappa shape index (κ3) is 6.12. The zero-order chi connectivity index (χ0) is 9.23. The molecule has 1 unspecified atom stereocenters. The van der Waals surface area contributed by atoms with Crippen molar-refractivity contribution in [3.05, 3.63) is 24.3 Å². The smallest absolute Gasteiger partial charge is 0.0927 e. The van der Waals surface area contributed by atoms with Crippen molar-refractivity contribution >= 4 is 8.58 Å². The van der Waals surface area contributed by atoms with Crippen LogP contribution in [0.15, 0.2) is 24.3 Å². The summed E-state index contributed by atoms with van der Waals surface area (Å²) in [6.07, 6.45) is 4.46. The number of rotatable bonds is 4. The van der Waals surface area contributed by atoms with Crippen LogP contribution in [0, 0.1) is 11.6 Å². The molecule has 1 atom stereocenters. The van der Waals surface area contributed by atoms with Crippen LogP contribution < -0.4 is 5.90 Å². The van der Waals surface area contributed by atoms with Crippen LogP contribution >= 0.6 is 8.58 Å². The maximum Gasteiger partial charge on any atom is 0.0927 e. The molecule has 0 heterocycles. The minimum Gasteiger partial charge on any atom is -0.300 e. The van der Waals surface area contributed by atoms with Gasteiger partial charge in [0.2, 0.25) is 0 Å². The normalized spacial score (nSPS) is 11.3. The Bertz CT molecular complexity index is 212. The van der Waals surface area contributed by atoms with E-state index in [1.165, 1.54) is 0 Å². The van der Waals surface area contributed by atoms with Crippen LogP contribution in [0.3, 0.4) is 0 Å². The Morgan fingerprint density at radius 1 is 1.75 bits per heavy atom. The predicted octanol–water partition coefficient (Wildman–Crippen LogP) is 1.38. The quantitative estimate of drug-likeness (QED) is 0.310. The number of hydrogen-bond acceptors (Lipinski definition) is 2.